The first kappa shape index (κ1) is 17.1. The largest absolute Gasteiger partial charge is 0.504 e. The van der Waals surface area contributed by atoms with E-state index >= 15 is 0 Å². The molecule has 1 heterocycles. The summed E-state index contributed by atoms with van der Waals surface area (Å²) < 4.78 is 11.4. The zero-order valence-corrected chi connectivity index (χ0v) is 14.1. The number of rotatable bonds is 6. The van der Waals surface area contributed by atoms with Gasteiger partial charge in [0.2, 0.25) is 11.7 Å². The highest BCUT2D eigenvalue weighted by atomic mass is 16.6. The van der Waals surface area contributed by atoms with Crippen molar-refractivity contribution in [2.75, 3.05) is 25.0 Å². The summed E-state index contributed by atoms with van der Waals surface area (Å²) >= 11 is 0. The fourth-order valence-electron chi connectivity index (χ4n) is 2.67. The number of fused-ring (bicyclic) bond motifs is 1. The van der Waals surface area contributed by atoms with Crippen LogP contribution in [0.25, 0.3) is 0 Å². The van der Waals surface area contributed by atoms with Crippen LogP contribution in [0.1, 0.15) is 12.5 Å². The molecule has 0 fully saturated rings. The first-order valence-corrected chi connectivity index (χ1v) is 8.30. The second-order valence-corrected chi connectivity index (χ2v) is 5.99. The Morgan fingerprint density at radius 2 is 2.04 bits per heavy atom. The number of benzene rings is 2. The van der Waals surface area contributed by atoms with E-state index in [2.05, 4.69) is 10.6 Å². The van der Waals surface area contributed by atoms with E-state index in [0.717, 1.165) is 18.7 Å². The maximum absolute atomic E-state index is 11.0. The van der Waals surface area contributed by atoms with Gasteiger partial charge in [-0.1, -0.05) is 18.2 Å². The molecular weight excluding hydrogens is 320 g/mol. The Bertz CT molecular complexity index is 731. The molecule has 0 spiro atoms. The third kappa shape index (κ3) is 4.64. The Kier molecular flexibility index (Phi) is 5.40. The monoisotopic (exact) mass is 342 g/mol. The third-order valence-corrected chi connectivity index (χ3v) is 3.90. The number of phenolic OH excluding ortho intramolecular Hbond substituents is 1. The Hall–Kier alpha value is -2.73. The maximum atomic E-state index is 11.0. The van der Waals surface area contributed by atoms with E-state index in [9.17, 15) is 9.90 Å². The molecule has 2 aromatic carbocycles. The molecular formula is C19H22N2O4. The molecule has 0 radical (unpaired) electrons. The maximum Gasteiger partial charge on any atom is 0.221 e. The van der Waals surface area contributed by atoms with Crippen molar-refractivity contribution in [2.24, 2.45) is 0 Å². The van der Waals surface area contributed by atoms with Crippen molar-refractivity contribution >= 4 is 11.6 Å². The minimum atomic E-state index is -0.136. The summed E-state index contributed by atoms with van der Waals surface area (Å²) in [6.45, 7) is 3.38. The van der Waals surface area contributed by atoms with Gasteiger partial charge in [-0.3, -0.25) is 4.79 Å². The number of phenols is 1. The highest BCUT2D eigenvalue weighted by Gasteiger charge is 2.23. The van der Waals surface area contributed by atoms with Gasteiger partial charge in [0.05, 0.1) is 0 Å². The number of para-hydroxylation sites is 1. The van der Waals surface area contributed by atoms with Gasteiger partial charge in [0.25, 0.3) is 0 Å². The minimum Gasteiger partial charge on any atom is -0.504 e. The molecule has 3 N–H and O–H groups in total. The SMILES string of the molecule is CC(=O)Nc1ccc(CCNCC2COc3cccc(O)c3O2)cc1. The van der Waals surface area contributed by atoms with Gasteiger partial charge in [-0.05, 0) is 42.8 Å². The third-order valence-electron chi connectivity index (χ3n) is 3.90. The van der Waals surface area contributed by atoms with Crippen molar-refractivity contribution in [1.29, 1.82) is 0 Å². The molecule has 6 nitrogen and oxygen atoms in total. The molecule has 0 bridgehead atoms. The fourth-order valence-corrected chi connectivity index (χ4v) is 2.67. The Morgan fingerprint density at radius 1 is 1.24 bits per heavy atom. The lowest BCUT2D eigenvalue weighted by atomic mass is 10.1. The van der Waals surface area contributed by atoms with Gasteiger partial charge >= 0.3 is 0 Å². The molecule has 6 heteroatoms. The molecule has 0 saturated heterocycles. The van der Waals surface area contributed by atoms with Crippen LogP contribution in [0.4, 0.5) is 5.69 Å². The summed E-state index contributed by atoms with van der Waals surface area (Å²) in [5, 5.41) is 15.9. The predicted octanol–water partition coefficient (Wildman–Crippen LogP) is 2.32. The molecule has 1 unspecified atom stereocenters. The van der Waals surface area contributed by atoms with E-state index in [0.29, 0.717) is 24.7 Å². The molecule has 25 heavy (non-hydrogen) atoms. The smallest absolute Gasteiger partial charge is 0.221 e. The number of hydrogen-bond donors (Lipinski definition) is 3. The van der Waals surface area contributed by atoms with Crippen LogP contribution in [0.5, 0.6) is 17.2 Å². The van der Waals surface area contributed by atoms with Crippen molar-refractivity contribution < 1.29 is 19.4 Å². The van der Waals surface area contributed by atoms with Crippen LogP contribution in [-0.2, 0) is 11.2 Å². The molecule has 1 atom stereocenters. The summed E-state index contributed by atoms with van der Waals surface area (Å²) in [4.78, 5) is 11.0. The van der Waals surface area contributed by atoms with E-state index in [4.69, 9.17) is 9.47 Å². The number of carbonyl (C=O) groups excluding carboxylic acids is 1. The molecule has 1 aliphatic rings. The Balaban J connectivity index is 1.42. The number of ether oxygens (including phenoxy) is 2. The van der Waals surface area contributed by atoms with Crippen molar-refractivity contribution in [3.63, 3.8) is 0 Å². The first-order valence-electron chi connectivity index (χ1n) is 8.30. The predicted molar refractivity (Wildman–Crippen MR) is 95.3 cm³/mol. The van der Waals surface area contributed by atoms with Gasteiger partial charge in [0.1, 0.15) is 12.7 Å². The molecule has 1 aliphatic heterocycles. The lowest BCUT2D eigenvalue weighted by Crippen LogP contribution is -2.39. The van der Waals surface area contributed by atoms with Crippen LogP contribution in [0, 0.1) is 0 Å². The lowest BCUT2D eigenvalue weighted by Gasteiger charge is -2.27. The zero-order valence-electron chi connectivity index (χ0n) is 14.1. The van der Waals surface area contributed by atoms with E-state index in [1.807, 2.05) is 24.3 Å². The van der Waals surface area contributed by atoms with Crippen LogP contribution in [0.15, 0.2) is 42.5 Å². The number of aromatic hydroxyl groups is 1. The lowest BCUT2D eigenvalue weighted by molar-refractivity contribution is -0.114. The number of nitrogens with one attached hydrogen (secondary N) is 2. The van der Waals surface area contributed by atoms with Gasteiger partial charge < -0.3 is 25.2 Å². The van der Waals surface area contributed by atoms with E-state index in [-0.39, 0.29) is 17.8 Å². The summed E-state index contributed by atoms with van der Waals surface area (Å²) in [5.74, 6) is 1.02. The molecule has 3 rings (SSSR count). The van der Waals surface area contributed by atoms with E-state index < -0.39 is 0 Å². The summed E-state index contributed by atoms with van der Waals surface area (Å²) in [6.07, 6.45) is 0.735. The Morgan fingerprint density at radius 3 is 2.80 bits per heavy atom. The van der Waals surface area contributed by atoms with Gasteiger partial charge in [0, 0.05) is 19.2 Å². The van der Waals surface area contributed by atoms with Gasteiger partial charge in [0.15, 0.2) is 11.5 Å². The van der Waals surface area contributed by atoms with Crippen molar-refractivity contribution in [2.45, 2.75) is 19.4 Å². The molecule has 0 aromatic heterocycles. The van der Waals surface area contributed by atoms with Crippen LogP contribution in [0.3, 0.4) is 0 Å². The summed E-state index contributed by atoms with van der Waals surface area (Å²) in [5.41, 5.74) is 1.99. The molecule has 132 valence electrons. The van der Waals surface area contributed by atoms with Crippen molar-refractivity contribution in [3.05, 3.63) is 48.0 Å². The van der Waals surface area contributed by atoms with Crippen LogP contribution >= 0.6 is 0 Å². The highest BCUT2D eigenvalue weighted by molar-refractivity contribution is 5.88. The average molecular weight is 342 g/mol. The molecule has 2 aromatic rings. The number of hydrogen-bond acceptors (Lipinski definition) is 5. The summed E-state index contributed by atoms with van der Waals surface area (Å²) in [7, 11) is 0. The van der Waals surface area contributed by atoms with Gasteiger partial charge in [-0.15, -0.1) is 0 Å². The number of carbonyl (C=O) groups is 1. The fraction of sp³-hybridized carbons (Fsp3) is 0.316. The van der Waals surface area contributed by atoms with Gasteiger partial charge in [-0.25, -0.2) is 0 Å². The average Bonchev–Trinajstić information content (AvgIpc) is 2.60. The van der Waals surface area contributed by atoms with Gasteiger partial charge in [-0.2, -0.15) is 0 Å². The molecule has 0 saturated carbocycles. The topological polar surface area (TPSA) is 79.8 Å². The number of amides is 1. The van der Waals surface area contributed by atoms with Crippen LogP contribution < -0.4 is 20.1 Å². The van der Waals surface area contributed by atoms with Crippen molar-refractivity contribution in [1.82, 2.24) is 5.32 Å². The second-order valence-electron chi connectivity index (χ2n) is 5.99. The molecule has 1 amide bonds. The first-order chi connectivity index (χ1) is 12.1. The minimum absolute atomic E-state index is 0.0725. The number of anilines is 1. The van der Waals surface area contributed by atoms with E-state index in [1.54, 1.807) is 18.2 Å². The van der Waals surface area contributed by atoms with Crippen molar-refractivity contribution in [3.8, 4) is 17.2 Å². The van der Waals surface area contributed by atoms with Crippen LogP contribution in [-0.4, -0.2) is 36.8 Å². The van der Waals surface area contributed by atoms with E-state index in [1.165, 1.54) is 12.5 Å². The zero-order chi connectivity index (χ0) is 17.6. The standard InChI is InChI=1S/C19H22N2O4/c1-13(22)21-15-7-5-14(6-8-15)9-10-20-11-16-12-24-18-4-2-3-17(23)19(18)25-16/h2-8,16,20,23H,9-12H2,1H3,(H,21,22). The normalized spacial score (nSPS) is 15.6. The molecule has 0 aliphatic carbocycles. The highest BCUT2D eigenvalue weighted by Crippen LogP contribution is 2.39. The summed E-state index contributed by atoms with van der Waals surface area (Å²) in [6, 6.07) is 12.9. The second kappa shape index (κ2) is 7.90. The Labute approximate surface area is 146 Å². The van der Waals surface area contributed by atoms with Crippen LogP contribution in [0.2, 0.25) is 0 Å². The quantitative estimate of drug-likeness (QED) is 0.702.